The summed E-state index contributed by atoms with van der Waals surface area (Å²) in [5, 5.41) is 1.42. The Morgan fingerprint density at radius 3 is 1.94 bits per heavy atom. The maximum absolute atomic E-state index is 3.04. The first kappa shape index (κ1) is 45.3. The van der Waals surface area contributed by atoms with E-state index in [2.05, 4.69) is 206 Å². The molecule has 2 aliphatic heterocycles. The van der Waals surface area contributed by atoms with Gasteiger partial charge in [0.15, 0.2) is 0 Å². The summed E-state index contributed by atoms with van der Waals surface area (Å²) in [6.07, 6.45) is 13.9. The van der Waals surface area contributed by atoms with Crippen LogP contribution in [0.4, 0.5) is 22.7 Å². The molecule has 0 saturated heterocycles. The van der Waals surface area contributed by atoms with Gasteiger partial charge in [-0.25, -0.2) is 0 Å². The lowest BCUT2D eigenvalue weighted by atomic mass is 9.32. The molecule has 0 spiro atoms. The van der Waals surface area contributed by atoms with Crippen molar-refractivity contribution in [3.05, 3.63) is 105 Å². The van der Waals surface area contributed by atoms with Crippen molar-refractivity contribution in [2.24, 2.45) is 33.5 Å². The molecule has 65 heavy (non-hydrogen) atoms. The van der Waals surface area contributed by atoms with Crippen LogP contribution in [-0.2, 0) is 16.2 Å². The highest BCUT2D eigenvalue weighted by atomic mass is 32.1. The normalized spacial score (nSPS) is 25.3. The van der Waals surface area contributed by atoms with E-state index in [4.69, 9.17) is 0 Å². The van der Waals surface area contributed by atoms with Crippen LogP contribution in [0.3, 0.4) is 0 Å². The zero-order valence-corrected chi connectivity index (χ0v) is 44.7. The first-order valence-corrected chi connectivity index (χ1v) is 26.4. The monoisotopic (exact) mass is 885 g/mol. The SMILES string of the molecule is Cc1cc(C(C)(C)C)ccc1N1c2cc(C(C)(C)C)cc3c2B(C2=C(C4C(CC2)C(C)(C)CCC4(C)C)N3C2C=CC3=C(C2)C(C)(C)CCC3(C)C)c2sc3ccc(C(C)(C)C)cc3c21. The molecule has 1 aromatic heterocycles. The fourth-order valence-corrected chi connectivity index (χ4v) is 15.1. The molecule has 0 bridgehead atoms. The number of hydrogen-bond donors (Lipinski definition) is 0. The van der Waals surface area contributed by atoms with E-state index in [1.54, 1.807) is 32.6 Å². The van der Waals surface area contributed by atoms with E-state index in [9.17, 15) is 0 Å². The van der Waals surface area contributed by atoms with E-state index >= 15 is 0 Å². The average Bonchev–Trinajstić information content (AvgIpc) is 3.58. The maximum atomic E-state index is 3.04. The van der Waals surface area contributed by atoms with Gasteiger partial charge in [-0.1, -0.05) is 159 Å². The molecule has 0 N–H and O–H groups in total. The summed E-state index contributed by atoms with van der Waals surface area (Å²) in [7, 11) is 0. The molecule has 2 nitrogen and oxygen atoms in total. The molecule has 4 heteroatoms. The molecule has 1 fully saturated rings. The van der Waals surface area contributed by atoms with Crippen molar-refractivity contribution in [2.75, 3.05) is 9.80 Å². The molecule has 0 amide bonds. The van der Waals surface area contributed by atoms with Crippen LogP contribution < -0.4 is 20.0 Å². The first-order chi connectivity index (χ1) is 30.0. The molecule has 6 aliphatic rings. The summed E-state index contributed by atoms with van der Waals surface area (Å²) < 4.78 is 2.97. The molecule has 10 rings (SSSR count). The third-order valence-electron chi connectivity index (χ3n) is 18.2. The predicted molar refractivity (Wildman–Crippen MR) is 286 cm³/mol. The van der Waals surface area contributed by atoms with Crippen LogP contribution in [0.25, 0.3) is 10.1 Å². The Hall–Kier alpha value is -3.50. The van der Waals surface area contributed by atoms with Crippen LogP contribution in [0, 0.1) is 40.4 Å². The molecule has 4 aromatic rings. The maximum Gasteiger partial charge on any atom is 0.259 e. The van der Waals surface area contributed by atoms with Crippen LogP contribution >= 0.6 is 11.3 Å². The number of hydrogen-bond acceptors (Lipinski definition) is 3. The summed E-state index contributed by atoms with van der Waals surface area (Å²) in [5.41, 5.74) is 20.4. The lowest BCUT2D eigenvalue weighted by molar-refractivity contribution is -0.0109. The number of rotatable bonds is 2. The lowest BCUT2D eigenvalue weighted by Crippen LogP contribution is -2.61. The molecule has 3 heterocycles. The molecule has 344 valence electrons. The van der Waals surface area contributed by atoms with Crippen LogP contribution in [0.1, 0.15) is 185 Å². The Labute approximate surface area is 399 Å². The number of nitrogens with zero attached hydrogens (tertiary/aromatic N) is 2. The van der Waals surface area contributed by atoms with Gasteiger partial charge in [-0.3, -0.25) is 0 Å². The largest absolute Gasteiger partial charge is 0.339 e. The number of benzene rings is 3. The van der Waals surface area contributed by atoms with Gasteiger partial charge >= 0.3 is 0 Å². The van der Waals surface area contributed by atoms with Gasteiger partial charge in [0.05, 0.1) is 11.7 Å². The van der Waals surface area contributed by atoms with E-state index in [1.165, 1.54) is 93.6 Å². The summed E-state index contributed by atoms with van der Waals surface area (Å²) in [6.45, 7) is 44.8. The van der Waals surface area contributed by atoms with Crippen molar-refractivity contribution in [3.8, 4) is 0 Å². The van der Waals surface area contributed by atoms with E-state index in [0.717, 1.165) is 6.42 Å². The third kappa shape index (κ3) is 6.96. The number of allylic oxidation sites excluding steroid dienone is 4. The quantitative estimate of drug-likeness (QED) is 0.185. The first-order valence-electron chi connectivity index (χ1n) is 25.6. The van der Waals surface area contributed by atoms with Crippen molar-refractivity contribution >= 4 is 61.1 Å². The molecule has 1 saturated carbocycles. The minimum absolute atomic E-state index is 0.0426. The minimum Gasteiger partial charge on any atom is -0.339 e. The molecule has 0 radical (unpaired) electrons. The van der Waals surface area contributed by atoms with Crippen LogP contribution in [0.5, 0.6) is 0 Å². The highest BCUT2D eigenvalue weighted by Gasteiger charge is 2.58. The molecule has 3 atom stereocenters. The summed E-state index contributed by atoms with van der Waals surface area (Å²) in [5.74, 6) is 1.13. The number of anilines is 4. The second-order valence-corrected chi connectivity index (χ2v) is 28.7. The molecular formula is C61H81BN2S. The Morgan fingerprint density at radius 1 is 0.662 bits per heavy atom. The van der Waals surface area contributed by atoms with Gasteiger partial charge < -0.3 is 9.80 Å². The second-order valence-electron chi connectivity index (χ2n) is 27.6. The molecule has 3 unspecified atom stereocenters. The topological polar surface area (TPSA) is 6.48 Å². The number of aryl methyl sites for hydroxylation is 1. The van der Waals surface area contributed by atoms with Crippen molar-refractivity contribution in [1.29, 1.82) is 0 Å². The van der Waals surface area contributed by atoms with Crippen molar-refractivity contribution in [3.63, 3.8) is 0 Å². The van der Waals surface area contributed by atoms with Gasteiger partial charge in [-0.2, -0.15) is 0 Å². The van der Waals surface area contributed by atoms with Crippen LogP contribution in [0.2, 0.25) is 0 Å². The zero-order valence-electron chi connectivity index (χ0n) is 43.8. The highest BCUT2D eigenvalue weighted by Crippen LogP contribution is 2.63. The van der Waals surface area contributed by atoms with Gasteiger partial charge in [0.25, 0.3) is 6.71 Å². The fraction of sp³-hybridized carbons (Fsp3) is 0.574. The second kappa shape index (κ2) is 14.3. The fourth-order valence-electron chi connectivity index (χ4n) is 13.8. The molecule has 3 aromatic carbocycles. The molecule has 4 aliphatic carbocycles. The van der Waals surface area contributed by atoms with E-state index in [1.807, 2.05) is 0 Å². The Balaban J connectivity index is 1.33. The predicted octanol–water partition coefficient (Wildman–Crippen LogP) is 16.5. The zero-order chi connectivity index (χ0) is 46.9. The average molecular weight is 885 g/mol. The molecular weight excluding hydrogens is 804 g/mol. The van der Waals surface area contributed by atoms with Crippen LogP contribution in [-0.4, -0.2) is 12.8 Å². The number of thiophene rings is 1. The van der Waals surface area contributed by atoms with Gasteiger partial charge in [0.1, 0.15) is 0 Å². The summed E-state index contributed by atoms with van der Waals surface area (Å²) in [4.78, 5) is 5.82. The highest BCUT2D eigenvalue weighted by molar-refractivity contribution is 7.32. The van der Waals surface area contributed by atoms with E-state index in [0.29, 0.717) is 17.3 Å². The van der Waals surface area contributed by atoms with Crippen LogP contribution in [0.15, 0.2) is 83.0 Å². The van der Waals surface area contributed by atoms with Gasteiger partial charge in [0, 0.05) is 43.5 Å². The smallest absolute Gasteiger partial charge is 0.259 e. The summed E-state index contributed by atoms with van der Waals surface area (Å²) in [6, 6.07) is 20.5. The van der Waals surface area contributed by atoms with Gasteiger partial charge in [-0.15, -0.1) is 11.3 Å². The van der Waals surface area contributed by atoms with E-state index in [-0.39, 0.29) is 45.2 Å². The Morgan fingerprint density at radius 2 is 1.28 bits per heavy atom. The van der Waals surface area contributed by atoms with E-state index < -0.39 is 0 Å². The Bertz CT molecular complexity index is 2740. The van der Waals surface area contributed by atoms with Crippen molar-refractivity contribution in [1.82, 2.24) is 0 Å². The lowest BCUT2D eigenvalue weighted by Gasteiger charge is -2.60. The minimum atomic E-state index is -0.0523. The van der Waals surface area contributed by atoms with Crippen molar-refractivity contribution < 1.29 is 0 Å². The van der Waals surface area contributed by atoms with Gasteiger partial charge in [-0.05, 0) is 159 Å². The summed E-state index contributed by atoms with van der Waals surface area (Å²) >= 11 is 2.10. The Kier molecular flexibility index (Phi) is 9.95. The van der Waals surface area contributed by atoms with Crippen molar-refractivity contribution in [2.45, 2.75) is 192 Å². The van der Waals surface area contributed by atoms with Gasteiger partial charge in [0.2, 0.25) is 0 Å². The number of fused-ring (bicyclic) bond motifs is 7. The third-order valence-corrected chi connectivity index (χ3v) is 19.5. The standard InChI is InChI=1S/C61H81BN2S/c1-36-31-37(55(2,3)4)19-25-46(36)64-48-34-39(57(8,9)10)33-47-51(48)62(54-52(64)41-32-38(56(5,6)7)20-26-49(41)65-54)45-24-23-43-50(61(17,18)30-29-59(43,13)14)53(45)63(47)40-21-22-42-44(35-40)60(15,16)28-27-58(42,11)12/h19-22,25-26,31-34,40,43,50H,23-24,27-30,35H2,1-18H3.